The van der Waals surface area contributed by atoms with Crippen molar-refractivity contribution in [3.8, 4) is 51.0 Å². The fraction of sp³-hybridized carbons (Fsp3) is 0.118. The molecule has 0 aliphatic heterocycles. The van der Waals surface area contributed by atoms with E-state index < -0.39 is 0 Å². The maximum absolute atomic E-state index is 6.19. The van der Waals surface area contributed by atoms with Gasteiger partial charge in [0.2, 0.25) is 0 Å². The third-order valence-electron chi connectivity index (χ3n) is 6.76. The zero-order valence-corrected chi connectivity index (χ0v) is 25.0. The van der Waals surface area contributed by atoms with Gasteiger partial charge >= 0.3 is 21.1 Å². The van der Waals surface area contributed by atoms with Crippen molar-refractivity contribution in [3.05, 3.63) is 126 Å². The van der Waals surface area contributed by atoms with Crippen molar-refractivity contribution in [1.82, 2.24) is 19.3 Å². The minimum Gasteiger partial charge on any atom is -0.503 e. The Morgan fingerprint density at radius 1 is 0.800 bits per heavy atom. The molecular formula is C34H28N4OPt. The van der Waals surface area contributed by atoms with Crippen LogP contribution in [0.1, 0.15) is 16.7 Å². The van der Waals surface area contributed by atoms with Gasteiger partial charge in [-0.15, -0.1) is 42.0 Å². The molecule has 200 valence electrons. The first kappa shape index (κ1) is 27.4. The first-order valence-corrected chi connectivity index (χ1v) is 12.9. The average molecular weight is 704 g/mol. The van der Waals surface area contributed by atoms with Crippen LogP contribution in [-0.4, -0.2) is 19.3 Å². The van der Waals surface area contributed by atoms with Crippen molar-refractivity contribution in [2.45, 2.75) is 20.8 Å². The molecule has 0 atom stereocenters. The van der Waals surface area contributed by atoms with Gasteiger partial charge in [0.1, 0.15) is 5.69 Å². The van der Waals surface area contributed by atoms with Crippen LogP contribution in [-0.2, 0) is 28.1 Å². The van der Waals surface area contributed by atoms with Crippen LogP contribution in [0.4, 0.5) is 0 Å². The van der Waals surface area contributed by atoms with E-state index in [-0.39, 0.29) is 21.1 Å². The number of ether oxygens (including phenoxy) is 1. The minimum absolute atomic E-state index is 0. The number of hydrogen-bond donors (Lipinski definition) is 0. The van der Waals surface area contributed by atoms with Crippen LogP contribution in [0.3, 0.4) is 0 Å². The van der Waals surface area contributed by atoms with E-state index in [0.717, 1.165) is 33.9 Å². The van der Waals surface area contributed by atoms with E-state index in [1.54, 1.807) is 6.20 Å². The van der Waals surface area contributed by atoms with Crippen molar-refractivity contribution < 1.29 is 25.8 Å². The van der Waals surface area contributed by atoms with E-state index in [1.165, 1.54) is 22.3 Å². The van der Waals surface area contributed by atoms with Crippen LogP contribution >= 0.6 is 0 Å². The van der Waals surface area contributed by atoms with E-state index in [0.29, 0.717) is 11.5 Å². The van der Waals surface area contributed by atoms with Gasteiger partial charge in [-0.1, -0.05) is 54.1 Å². The molecule has 0 spiro atoms. The van der Waals surface area contributed by atoms with E-state index in [4.69, 9.17) is 9.84 Å². The van der Waals surface area contributed by atoms with Crippen LogP contribution in [0.15, 0.2) is 97.5 Å². The molecule has 0 radical (unpaired) electrons. The molecule has 4 aromatic carbocycles. The van der Waals surface area contributed by atoms with E-state index in [2.05, 4.69) is 68.4 Å². The molecule has 0 aliphatic rings. The number of aryl methyl sites for hydroxylation is 4. The molecule has 0 amide bonds. The van der Waals surface area contributed by atoms with Gasteiger partial charge in [0, 0.05) is 48.3 Å². The predicted octanol–water partition coefficient (Wildman–Crippen LogP) is 7.92. The summed E-state index contributed by atoms with van der Waals surface area (Å²) in [6.07, 6.45) is 5.78. The smallest absolute Gasteiger partial charge is 0.503 e. The molecule has 0 fully saturated rings. The quantitative estimate of drug-likeness (QED) is 0.166. The third-order valence-corrected chi connectivity index (χ3v) is 6.76. The van der Waals surface area contributed by atoms with Crippen LogP contribution in [0.5, 0.6) is 11.5 Å². The van der Waals surface area contributed by atoms with Crippen LogP contribution in [0.2, 0.25) is 0 Å². The monoisotopic (exact) mass is 703 g/mol. The molecule has 0 bridgehead atoms. The summed E-state index contributed by atoms with van der Waals surface area (Å²) in [5, 5.41) is 5.05. The summed E-state index contributed by atoms with van der Waals surface area (Å²) in [7, 11) is 1.96. The van der Waals surface area contributed by atoms with Crippen molar-refractivity contribution in [1.29, 1.82) is 0 Å². The summed E-state index contributed by atoms with van der Waals surface area (Å²) >= 11 is 0. The topological polar surface area (TPSA) is 44.9 Å². The van der Waals surface area contributed by atoms with E-state index in [1.807, 2.05) is 77.1 Å². The summed E-state index contributed by atoms with van der Waals surface area (Å²) < 4.78 is 10.0. The minimum atomic E-state index is 0. The SMILES string of the molecule is Cc1cc(C)c(-c2cn(-c3[c-]c(Oc4[c-]c(-c5nccn5C)ccc4)ccc3)nc2-c2ccccc2)c(C)c1.[Pt+2]. The Kier molecular flexibility index (Phi) is 7.86. The summed E-state index contributed by atoms with van der Waals surface area (Å²) in [6, 6.07) is 33.1. The van der Waals surface area contributed by atoms with Crippen molar-refractivity contribution in [3.63, 3.8) is 0 Å². The molecule has 6 aromatic rings. The second-order valence-corrected chi connectivity index (χ2v) is 9.77. The molecule has 6 rings (SSSR count). The Balaban J connectivity index is 0.00000323. The summed E-state index contributed by atoms with van der Waals surface area (Å²) in [5.74, 6) is 2.01. The standard InChI is InChI=1S/C34H28N4O.Pt/c1-23-18-24(2)32(25(3)19-23)31-22-38(36-33(31)26-10-6-5-7-11-26)28-13-9-15-30(21-28)39-29-14-8-12-27(20-29)34-35-16-17-37(34)4;/h5-19,22H,1-4H3;/q-2;+2. The molecule has 40 heavy (non-hydrogen) atoms. The zero-order chi connectivity index (χ0) is 26.9. The van der Waals surface area contributed by atoms with Crippen molar-refractivity contribution in [2.24, 2.45) is 7.05 Å². The Morgan fingerprint density at radius 3 is 2.20 bits per heavy atom. The first-order chi connectivity index (χ1) is 19.0. The van der Waals surface area contributed by atoms with Gasteiger partial charge in [-0.05, 0) is 43.1 Å². The molecule has 2 heterocycles. The number of rotatable bonds is 6. The molecule has 0 N–H and O–H groups in total. The molecular weight excluding hydrogens is 675 g/mol. The summed E-state index contributed by atoms with van der Waals surface area (Å²) in [4.78, 5) is 4.42. The van der Waals surface area contributed by atoms with Crippen molar-refractivity contribution >= 4 is 0 Å². The Hall–Kier alpha value is -4.21. The maximum atomic E-state index is 6.19. The molecule has 0 saturated carbocycles. The van der Waals surface area contributed by atoms with Crippen LogP contribution in [0.25, 0.3) is 39.5 Å². The Bertz CT molecular complexity index is 1760. The van der Waals surface area contributed by atoms with Crippen molar-refractivity contribution in [2.75, 3.05) is 0 Å². The fourth-order valence-electron chi connectivity index (χ4n) is 5.11. The molecule has 6 heteroatoms. The number of imidazole rings is 1. The Labute approximate surface area is 249 Å². The largest absolute Gasteiger partial charge is 2.00 e. The first-order valence-electron chi connectivity index (χ1n) is 12.9. The average Bonchev–Trinajstić information content (AvgIpc) is 3.56. The molecule has 0 aliphatic carbocycles. The fourth-order valence-corrected chi connectivity index (χ4v) is 5.11. The summed E-state index contributed by atoms with van der Waals surface area (Å²) in [5.41, 5.74) is 9.67. The van der Waals surface area contributed by atoms with Gasteiger partial charge in [-0.25, -0.2) is 0 Å². The zero-order valence-electron chi connectivity index (χ0n) is 22.8. The van der Waals surface area contributed by atoms with E-state index >= 15 is 0 Å². The predicted molar refractivity (Wildman–Crippen MR) is 155 cm³/mol. The number of nitrogens with zero attached hydrogens (tertiary/aromatic N) is 4. The third kappa shape index (κ3) is 5.43. The van der Waals surface area contributed by atoms with Gasteiger partial charge in [-0.3, -0.25) is 9.67 Å². The van der Waals surface area contributed by atoms with Gasteiger partial charge < -0.3 is 9.30 Å². The maximum Gasteiger partial charge on any atom is 2.00 e. The molecule has 0 saturated heterocycles. The van der Waals surface area contributed by atoms with Gasteiger partial charge in [0.15, 0.2) is 0 Å². The van der Waals surface area contributed by atoms with Gasteiger partial charge in [-0.2, -0.15) is 11.2 Å². The Morgan fingerprint density at radius 2 is 1.50 bits per heavy atom. The second-order valence-electron chi connectivity index (χ2n) is 9.77. The van der Waals surface area contributed by atoms with Crippen LogP contribution < -0.4 is 4.74 Å². The molecule has 2 aromatic heterocycles. The number of hydrogen-bond acceptors (Lipinski definition) is 3. The van der Waals surface area contributed by atoms with Gasteiger partial charge in [0.25, 0.3) is 0 Å². The summed E-state index contributed by atoms with van der Waals surface area (Å²) in [6.45, 7) is 6.46. The molecule has 5 nitrogen and oxygen atoms in total. The van der Waals surface area contributed by atoms with Crippen LogP contribution in [0, 0.1) is 32.9 Å². The number of benzene rings is 4. The van der Waals surface area contributed by atoms with E-state index in [9.17, 15) is 0 Å². The number of aromatic nitrogens is 4. The molecule has 0 unspecified atom stereocenters. The second kappa shape index (κ2) is 11.5. The van der Waals surface area contributed by atoms with Gasteiger partial charge in [0.05, 0.1) is 5.82 Å². The normalized spacial score (nSPS) is 10.8.